The summed E-state index contributed by atoms with van der Waals surface area (Å²) in [6, 6.07) is 0. The van der Waals surface area contributed by atoms with Crippen molar-refractivity contribution < 1.29 is 32.7 Å². The molecule has 0 aliphatic heterocycles. The van der Waals surface area contributed by atoms with Gasteiger partial charge < -0.3 is 24.3 Å². The Kier molecular flexibility index (Phi) is 24.3. The quantitative estimate of drug-likeness (QED) is 0.301. The van der Waals surface area contributed by atoms with Crippen LogP contribution in [0.15, 0.2) is 0 Å². The summed E-state index contributed by atoms with van der Waals surface area (Å²) in [6.07, 6.45) is 0. The fourth-order valence-corrected chi connectivity index (χ4v) is 0. The molecule has 0 fully saturated rings. The maximum atomic E-state index is 5.94. The topological polar surface area (TPSA) is 73.7 Å². The van der Waals surface area contributed by atoms with Crippen molar-refractivity contribution in [2.45, 2.75) is 0 Å². The number of hydrogen-bond acceptors (Lipinski definition) is 1. The molecule has 0 amide bonds. The minimum absolute atomic E-state index is 0. The standard InChI is InChI=1S/CH4N3.CH3.Y/c2-1(3)4;;/h(H4-,2,3,4);1H3;/q2*-1;. The second-order valence-corrected chi connectivity index (χ2v) is 0.414. The molecule has 0 heterocycles. The summed E-state index contributed by atoms with van der Waals surface area (Å²) in [6.45, 7) is 0. The van der Waals surface area contributed by atoms with E-state index in [2.05, 4.69) is 5.73 Å². The van der Waals surface area contributed by atoms with Crippen molar-refractivity contribution in [3.05, 3.63) is 13.2 Å². The van der Waals surface area contributed by atoms with Gasteiger partial charge in [0, 0.05) is 32.7 Å². The first kappa shape index (κ1) is 16.2. The van der Waals surface area contributed by atoms with Crippen LogP contribution in [0, 0.1) is 12.8 Å². The molecule has 0 rings (SSSR count). The van der Waals surface area contributed by atoms with E-state index in [1.165, 1.54) is 0 Å². The molecule has 1 radical (unpaired) electrons. The molecule has 4 heteroatoms. The summed E-state index contributed by atoms with van der Waals surface area (Å²) in [7, 11) is 0. The molecule has 0 unspecified atom stereocenters. The van der Waals surface area contributed by atoms with Gasteiger partial charge in [0.25, 0.3) is 0 Å². The third-order valence-electron chi connectivity index (χ3n) is 0. The Morgan fingerprint density at radius 2 is 1.67 bits per heavy atom. The Morgan fingerprint density at radius 1 is 1.67 bits per heavy atom. The van der Waals surface area contributed by atoms with Gasteiger partial charge in [-0.2, -0.15) is 0 Å². The first-order valence-corrected chi connectivity index (χ1v) is 0.789. The second kappa shape index (κ2) is 9.03. The van der Waals surface area contributed by atoms with Gasteiger partial charge in [-0.1, -0.05) is 0 Å². The minimum atomic E-state index is -0.583. The van der Waals surface area contributed by atoms with Gasteiger partial charge in [-0.25, -0.2) is 0 Å². The van der Waals surface area contributed by atoms with Crippen LogP contribution in [0.4, 0.5) is 0 Å². The van der Waals surface area contributed by atoms with E-state index in [-0.39, 0.29) is 40.1 Å². The summed E-state index contributed by atoms with van der Waals surface area (Å²) in [4.78, 5) is 0. The number of guanidine groups is 1. The molecule has 6 heavy (non-hydrogen) atoms. The monoisotopic (exact) mass is 162 g/mol. The largest absolute Gasteiger partial charge is 0.454 e. The van der Waals surface area contributed by atoms with Crippen LogP contribution in [-0.2, 0) is 32.7 Å². The normalized spacial score (nSPS) is 4.00. The molecule has 0 aliphatic carbocycles. The average molecular weight is 162 g/mol. The van der Waals surface area contributed by atoms with Crippen molar-refractivity contribution in [3.8, 4) is 0 Å². The summed E-state index contributed by atoms with van der Waals surface area (Å²) < 4.78 is 0. The Labute approximate surface area is 62.9 Å². The number of rotatable bonds is 0. The molecule has 0 spiro atoms. The molecule has 35 valence electrons. The van der Waals surface area contributed by atoms with Gasteiger partial charge >= 0.3 is 0 Å². The Bertz CT molecular complexity index is 31.8. The van der Waals surface area contributed by atoms with E-state index >= 15 is 0 Å². The molecule has 0 bridgehead atoms. The SMILES string of the molecule is N=C([NH-])N.[CH3-].[Y]. The van der Waals surface area contributed by atoms with Crippen LogP contribution >= 0.6 is 0 Å². The molecule has 0 saturated carbocycles. The molecule has 3 nitrogen and oxygen atoms in total. The van der Waals surface area contributed by atoms with E-state index in [1.807, 2.05) is 0 Å². The van der Waals surface area contributed by atoms with Crippen molar-refractivity contribution in [3.63, 3.8) is 0 Å². The zero-order chi connectivity index (χ0) is 3.58. The van der Waals surface area contributed by atoms with Crippen molar-refractivity contribution in [2.75, 3.05) is 0 Å². The van der Waals surface area contributed by atoms with E-state index in [9.17, 15) is 0 Å². The van der Waals surface area contributed by atoms with E-state index in [0.717, 1.165) is 0 Å². The second-order valence-electron chi connectivity index (χ2n) is 0.414. The minimum Gasteiger partial charge on any atom is -0.454 e. The fourth-order valence-electron chi connectivity index (χ4n) is 0. The maximum absolute atomic E-state index is 5.94. The predicted octanol–water partition coefficient (Wildman–Crippen LogP) is 0.380. The van der Waals surface area contributed by atoms with Crippen LogP contribution in [0.5, 0.6) is 0 Å². The van der Waals surface area contributed by atoms with Gasteiger partial charge in [0.15, 0.2) is 0 Å². The third kappa shape index (κ3) is 356. The smallest absolute Gasteiger partial charge is 0 e. The number of nitrogens with two attached hydrogens (primary N) is 1. The van der Waals surface area contributed by atoms with Crippen LogP contribution in [0.25, 0.3) is 5.73 Å². The molecule has 0 saturated heterocycles. The van der Waals surface area contributed by atoms with Crippen molar-refractivity contribution >= 4 is 5.96 Å². The molecule has 4 N–H and O–H groups in total. The van der Waals surface area contributed by atoms with Crippen molar-refractivity contribution in [2.24, 2.45) is 5.73 Å². The Balaban J connectivity index is -0.0000000450. The van der Waals surface area contributed by atoms with Gasteiger partial charge in [-0.15, -0.1) is 0 Å². The molecule has 0 atom stereocenters. The van der Waals surface area contributed by atoms with Gasteiger partial charge in [0.05, 0.1) is 0 Å². The van der Waals surface area contributed by atoms with E-state index in [0.29, 0.717) is 0 Å². The molecular weight excluding hydrogens is 155 g/mol. The third-order valence-corrected chi connectivity index (χ3v) is 0. The molecular formula is C2H7N3Y-2. The summed E-state index contributed by atoms with van der Waals surface area (Å²) in [5.74, 6) is -0.583. The van der Waals surface area contributed by atoms with E-state index in [1.54, 1.807) is 0 Å². The first-order chi connectivity index (χ1) is 1.73. The molecule has 0 aromatic carbocycles. The molecule has 0 aliphatic rings. The fraction of sp³-hybridized carbons (Fsp3) is 0. The molecule has 0 aromatic rings. The van der Waals surface area contributed by atoms with Gasteiger partial charge in [0.1, 0.15) is 0 Å². The van der Waals surface area contributed by atoms with Crippen LogP contribution in [0.1, 0.15) is 0 Å². The zero-order valence-electron chi connectivity index (χ0n) is 3.65. The number of hydrogen-bond donors (Lipinski definition) is 2. The summed E-state index contributed by atoms with van der Waals surface area (Å²) in [5.41, 5.74) is 10.3. The van der Waals surface area contributed by atoms with Gasteiger partial charge in [-0.05, 0) is 5.96 Å². The molecule has 0 aromatic heterocycles. The summed E-state index contributed by atoms with van der Waals surface area (Å²) in [5, 5.41) is 5.94. The Hall–Kier alpha value is 0.374. The van der Waals surface area contributed by atoms with Gasteiger partial charge in [0.2, 0.25) is 0 Å². The first-order valence-electron chi connectivity index (χ1n) is 0.789. The van der Waals surface area contributed by atoms with Crippen molar-refractivity contribution in [1.29, 1.82) is 5.41 Å². The van der Waals surface area contributed by atoms with Crippen LogP contribution < -0.4 is 5.73 Å². The van der Waals surface area contributed by atoms with Crippen LogP contribution in [-0.4, -0.2) is 5.96 Å². The van der Waals surface area contributed by atoms with Crippen molar-refractivity contribution in [1.82, 2.24) is 0 Å². The zero-order valence-corrected chi connectivity index (χ0v) is 6.49. The van der Waals surface area contributed by atoms with Gasteiger partial charge in [-0.3, -0.25) is 0 Å². The maximum Gasteiger partial charge on any atom is 0 e. The predicted molar refractivity (Wildman–Crippen MR) is 22.6 cm³/mol. The number of nitrogens with one attached hydrogen (secondary N) is 2. The summed E-state index contributed by atoms with van der Waals surface area (Å²) >= 11 is 0. The van der Waals surface area contributed by atoms with E-state index in [4.69, 9.17) is 11.1 Å². The average Bonchev–Trinajstić information content (AvgIpc) is 0.811. The Morgan fingerprint density at radius 3 is 1.67 bits per heavy atom. The van der Waals surface area contributed by atoms with Crippen LogP contribution in [0.3, 0.4) is 0 Å². The van der Waals surface area contributed by atoms with Crippen LogP contribution in [0.2, 0.25) is 0 Å². The van der Waals surface area contributed by atoms with E-state index < -0.39 is 5.96 Å².